The van der Waals surface area contributed by atoms with Crippen LogP contribution in [0.15, 0.2) is 34.9 Å². The zero-order valence-electron chi connectivity index (χ0n) is 11.1. The number of fused-ring (bicyclic) bond motifs is 1. The first kappa shape index (κ1) is 13.8. The predicted molar refractivity (Wildman–Crippen MR) is 91.2 cm³/mol. The van der Waals surface area contributed by atoms with E-state index in [1.54, 1.807) is 0 Å². The van der Waals surface area contributed by atoms with Crippen molar-refractivity contribution in [3.63, 3.8) is 0 Å². The number of thiocarbonyl (C=S) groups is 1. The van der Waals surface area contributed by atoms with E-state index in [0.717, 1.165) is 23.3 Å². The second-order valence-electron chi connectivity index (χ2n) is 5.11. The van der Waals surface area contributed by atoms with Crippen LogP contribution in [0.3, 0.4) is 0 Å². The topological polar surface area (TPSA) is 42.1 Å². The Morgan fingerprint density at radius 2 is 2.15 bits per heavy atom. The summed E-state index contributed by atoms with van der Waals surface area (Å²) in [4.78, 5) is 7.53. The molecular weight excluding hydrogens is 334 g/mol. The van der Waals surface area contributed by atoms with Gasteiger partial charge in [0.1, 0.15) is 5.82 Å². The third-order valence-electron chi connectivity index (χ3n) is 3.59. The number of aromatic nitrogens is 1. The van der Waals surface area contributed by atoms with Crippen LogP contribution in [-0.4, -0.2) is 22.6 Å². The predicted octanol–water partition coefficient (Wildman–Crippen LogP) is 3.64. The van der Waals surface area contributed by atoms with Crippen molar-refractivity contribution >= 4 is 49.7 Å². The molecule has 0 amide bonds. The maximum atomic E-state index is 5.65. The molecule has 0 spiro atoms. The number of benzene rings is 1. The zero-order chi connectivity index (χ0) is 14.1. The van der Waals surface area contributed by atoms with Gasteiger partial charge in [-0.1, -0.05) is 40.3 Å². The third kappa shape index (κ3) is 2.79. The molecule has 0 saturated heterocycles. The van der Waals surface area contributed by atoms with Crippen LogP contribution in [0.2, 0.25) is 0 Å². The number of nitrogens with zero attached hydrogens (tertiary/aromatic N) is 2. The Morgan fingerprint density at radius 1 is 1.35 bits per heavy atom. The molecule has 2 aromatic rings. The largest absolute Gasteiger partial charge is 0.393 e. The van der Waals surface area contributed by atoms with Gasteiger partial charge in [0, 0.05) is 40.4 Å². The molecule has 5 heteroatoms. The Morgan fingerprint density at radius 3 is 2.85 bits per heavy atom. The highest BCUT2D eigenvalue weighted by molar-refractivity contribution is 9.10. The summed E-state index contributed by atoms with van der Waals surface area (Å²) in [5.74, 6) is 1.04. The monoisotopic (exact) mass is 349 g/mol. The average Bonchev–Trinajstić information content (AvgIpc) is 3.24. The van der Waals surface area contributed by atoms with Gasteiger partial charge in [-0.3, -0.25) is 0 Å². The maximum Gasteiger partial charge on any atom is 0.136 e. The van der Waals surface area contributed by atoms with E-state index in [0.29, 0.717) is 11.0 Å². The molecule has 0 unspecified atom stereocenters. The number of hydrogen-bond acceptors (Lipinski definition) is 3. The van der Waals surface area contributed by atoms with Crippen LogP contribution < -0.4 is 10.6 Å². The Labute approximate surface area is 132 Å². The highest BCUT2D eigenvalue weighted by Crippen LogP contribution is 2.36. The summed E-state index contributed by atoms with van der Waals surface area (Å²) in [6.07, 6.45) is 5.06. The van der Waals surface area contributed by atoms with E-state index in [-0.39, 0.29) is 0 Å². The van der Waals surface area contributed by atoms with Crippen molar-refractivity contribution in [3.05, 3.63) is 34.9 Å². The molecule has 1 aliphatic rings. The van der Waals surface area contributed by atoms with Gasteiger partial charge in [-0.15, -0.1) is 0 Å². The summed E-state index contributed by atoms with van der Waals surface area (Å²) in [7, 11) is 0. The third-order valence-corrected chi connectivity index (χ3v) is 4.49. The Kier molecular flexibility index (Phi) is 3.89. The Balaban J connectivity index is 2.02. The van der Waals surface area contributed by atoms with Gasteiger partial charge in [0.05, 0.1) is 4.99 Å². The molecule has 104 valence electrons. The molecule has 20 heavy (non-hydrogen) atoms. The number of anilines is 1. The van der Waals surface area contributed by atoms with Gasteiger partial charge in [0.2, 0.25) is 0 Å². The van der Waals surface area contributed by atoms with Crippen LogP contribution in [0.25, 0.3) is 10.8 Å². The fourth-order valence-electron chi connectivity index (χ4n) is 2.46. The molecule has 2 N–H and O–H groups in total. The molecule has 1 aromatic heterocycles. The lowest BCUT2D eigenvalue weighted by Crippen LogP contribution is -2.30. The van der Waals surface area contributed by atoms with Gasteiger partial charge in [0.25, 0.3) is 0 Å². The first-order valence-electron chi connectivity index (χ1n) is 6.75. The molecular formula is C15H16BrN3S. The Bertz CT molecular complexity index is 655. The second kappa shape index (κ2) is 5.66. The van der Waals surface area contributed by atoms with Gasteiger partial charge < -0.3 is 10.6 Å². The molecule has 1 fully saturated rings. The van der Waals surface area contributed by atoms with E-state index in [9.17, 15) is 0 Å². The van der Waals surface area contributed by atoms with Crippen molar-refractivity contribution in [3.8, 4) is 0 Å². The quantitative estimate of drug-likeness (QED) is 0.836. The SMILES string of the molecule is NC(=S)CCN(c1nccc2c(Br)cccc12)C1CC1. The van der Waals surface area contributed by atoms with Crippen molar-refractivity contribution in [1.29, 1.82) is 0 Å². The van der Waals surface area contributed by atoms with Crippen LogP contribution in [0.1, 0.15) is 19.3 Å². The maximum absolute atomic E-state index is 5.65. The Hall–Kier alpha value is -1.20. The number of halogens is 1. The summed E-state index contributed by atoms with van der Waals surface area (Å²) < 4.78 is 1.10. The van der Waals surface area contributed by atoms with Gasteiger partial charge in [0.15, 0.2) is 0 Å². The molecule has 1 saturated carbocycles. The van der Waals surface area contributed by atoms with E-state index in [4.69, 9.17) is 18.0 Å². The normalized spacial score (nSPS) is 14.4. The fraction of sp³-hybridized carbons (Fsp3) is 0.333. The average molecular weight is 350 g/mol. The minimum Gasteiger partial charge on any atom is -0.393 e. The molecule has 1 aromatic carbocycles. The van der Waals surface area contributed by atoms with Crippen LogP contribution in [0, 0.1) is 0 Å². The number of rotatable bonds is 5. The number of nitrogens with two attached hydrogens (primary N) is 1. The van der Waals surface area contributed by atoms with Crippen molar-refractivity contribution in [2.24, 2.45) is 5.73 Å². The minimum absolute atomic E-state index is 0.567. The molecule has 1 heterocycles. The highest BCUT2D eigenvalue weighted by Gasteiger charge is 2.30. The van der Waals surface area contributed by atoms with Crippen molar-refractivity contribution in [2.45, 2.75) is 25.3 Å². The summed E-state index contributed by atoms with van der Waals surface area (Å²) in [6.45, 7) is 0.846. The van der Waals surface area contributed by atoms with Crippen molar-refractivity contribution < 1.29 is 0 Å². The van der Waals surface area contributed by atoms with E-state index in [1.807, 2.05) is 12.3 Å². The molecule has 3 nitrogen and oxygen atoms in total. The van der Waals surface area contributed by atoms with Crippen molar-refractivity contribution in [2.75, 3.05) is 11.4 Å². The minimum atomic E-state index is 0.567. The van der Waals surface area contributed by atoms with E-state index < -0.39 is 0 Å². The van der Waals surface area contributed by atoms with Crippen molar-refractivity contribution in [1.82, 2.24) is 4.98 Å². The van der Waals surface area contributed by atoms with Gasteiger partial charge in [-0.25, -0.2) is 4.98 Å². The molecule has 3 rings (SSSR count). The van der Waals surface area contributed by atoms with Crippen LogP contribution >= 0.6 is 28.1 Å². The lowest BCUT2D eigenvalue weighted by molar-refractivity contribution is 0.790. The molecule has 0 atom stereocenters. The van der Waals surface area contributed by atoms with Gasteiger partial charge in [-0.05, 0) is 25.0 Å². The molecule has 0 aliphatic heterocycles. The fourth-order valence-corrected chi connectivity index (χ4v) is 3.05. The first-order valence-corrected chi connectivity index (χ1v) is 7.95. The van der Waals surface area contributed by atoms with Gasteiger partial charge in [-0.2, -0.15) is 0 Å². The summed E-state index contributed by atoms with van der Waals surface area (Å²) in [6, 6.07) is 8.86. The standard InChI is InChI=1S/C15H16BrN3S/c16-13-3-1-2-12-11(13)6-8-18-15(12)19(10-4-5-10)9-7-14(17)20/h1-3,6,8,10H,4-5,7,9H2,(H2,17,20). The van der Waals surface area contributed by atoms with E-state index in [1.165, 1.54) is 23.6 Å². The van der Waals surface area contributed by atoms with Crippen LogP contribution in [0.4, 0.5) is 5.82 Å². The van der Waals surface area contributed by atoms with E-state index >= 15 is 0 Å². The second-order valence-corrected chi connectivity index (χ2v) is 6.49. The lowest BCUT2D eigenvalue weighted by atomic mass is 10.1. The summed E-state index contributed by atoms with van der Waals surface area (Å²) in [5.41, 5.74) is 5.65. The number of pyridine rings is 1. The van der Waals surface area contributed by atoms with Crippen LogP contribution in [-0.2, 0) is 0 Å². The molecule has 0 radical (unpaired) electrons. The van der Waals surface area contributed by atoms with Crippen LogP contribution in [0.5, 0.6) is 0 Å². The smallest absolute Gasteiger partial charge is 0.136 e. The van der Waals surface area contributed by atoms with E-state index in [2.05, 4.69) is 44.0 Å². The lowest BCUT2D eigenvalue weighted by Gasteiger charge is -2.24. The zero-order valence-corrected chi connectivity index (χ0v) is 13.5. The molecule has 1 aliphatic carbocycles. The summed E-state index contributed by atoms with van der Waals surface area (Å²) >= 11 is 8.62. The number of hydrogen-bond donors (Lipinski definition) is 1. The highest BCUT2D eigenvalue weighted by atomic mass is 79.9. The first-order chi connectivity index (χ1) is 9.66. The molecule has 0 bridgehead atoms. The summed E-state index contributed by atoms with van der Waals surface area (Å²) in [5, 5.41) is 2.37. The van der Waals surface area contributed by atoms with Gasteiger partial charge >= 0.3 is 0 Å².